The molecule has 0 unspecified atom stereocenters. The molecule has 0 fully saturated rings. The Balaban J connectivity index is 1.19. The lowest BCUT2D eigenvalue weighted by Gasteiger charge is -2.44. The first-order chi connectivity index (χ1) is 24.1. The molecule has 11 rings (SSSR count). The largest absolute Gasteiger partial charge is 0.456 e. The predicted octanol–water partition coefficient (Wildman–Crippen LogP) is 9.97. The van der Waals surface area contributed by atoms with E-state index in [1.54, 1.807) is 0 Å². The third-order valence-corrected chi connectivity index (χ3v) is 11.2. The van der Waals surface area contributed by atoms with Crippen LogP contribution in [-0.2, 0) is 5.41 Å². The Labute approximate surface area is 285 Å². The minimum Gasteiger partial charge on any atom is -0.456 e. The van der Waals surface area contributed by atoms with Crippen molar-refractivity contribution in [2.75, 3.05) is 9.80 Å². The molecule has 0 atom stereocenters. The topological polar surface area (TPSA) is 19.6 Å². The van der Waals surface area contributed by atoms with Crippen LogP contribution in [0.15, 0.2) is 156 Å². The number of nitrogens with zero attached hydrogens (tertiary/aromatic N) is 2. The average Bonchev–Trinajstić information content (AvgIpc) is 3.63. The number of para-hydroxylation sites is 3. The summed E-state index contributed by atoms with van der Waals surface area (Å²) in [5.41, 5.74) is 18.4. The summed E-state index contributed by atoms with van der Waals surface area (Å²) in [6.07, 6.45) is 0. The summed E-state index contributed by atoms with van der Waals surface area (Å²) >= 11 is 0. The van der Waals surface area contributed by atoms with E-state index in [0.29, 0.717) is 0 Å². The van der Waals surface area contributed by atoms with Crippen molar-refractivity contribution in [3.63, 3.8) is 0 Å². The number of anilines is 6. The Bertz CT molecular complexity index is 2690. The van der Waals surface area contributed by atoms with Crippen LogP contribution in [0.25, 0.3) is 33.1 Å². The molecule has 0 saturated heterocycles. The van der Waals surface area contributed by atoms with E-state index in [0.717, 1.165) is 27.6 Å². The van der Waals surface area contributed by atoms with Gasteiger partial charge in [0, 0.05) is 44.6 Å². The molecule has 0 radical (unpaired) electrons. The number of fused-ring (bicyclic) bond motifs is 10. The van der Waals surface area contributed by atoms with Gasteiger partial charge in [-0.3, -0.25) is 0 Å². The SMILES string of the molecule is CC1(C)c2ccccc2-c2cccc(N3c4ccccc4B4c5ccccc5N(c5ccc6oc7ccccc7c6c5)c5cccc3c54)c21. The van der Waals surface area contributed by atoms with Crippen molar-refractivity contribution < 1.29 is 4.42 Å². The molecule has 1 aliphatic carbocycles. The maximum Gasteiger partial charge on any atom is 0.252 e. The van der Waals surface area contributed by atoms with E-state index >= 15 is 0 Å². The molecule has 2 aliphatic heterocycles. The molecule has 0 spiro atoms. The minimum atomic E-state index is -0.148. The van der Waals surface area contributed by atoms with E-state index in [-0.39, 0.29) is 12.1 Å². The number of hydrogen-bond acceptors (Lipinski definition) is 3. The fraction of sp³-hybridized carbons (Fsp3) is 0.0667. The zero-order valence-corrected chi connectivity index (χ0v) is 27.3. The van der Waals surface area contributed by atoms with E-state index in [1.807, 2.05) is 6.07 Å². The van der Waals surface area contributed by atoms with Crippen LogP contribution in [0.2, 0.25) is 0 Å². The van der Waals surface area contributed by atoms with Gasteiger partial charge in [-0.1, -0.05) is 111 Å². The summed E-state index contributed by atoms with van der Waals surface area (Å²) in [6.45, 7) is 4.87. The van der Waals surface area contributed by atoms with E-state index in [1.165, 1.54) is 67.1 Å². The highest BCUT2D eigenvalue weighted by Gasteiger charge is 2.45. The third-order valence-electron chi connectivity index (χ3n) is 11.2. The molecule has 0 bridgehead atoms. The highest BCUT2D eigenvalue weighted by Crippen LogP contribution is 2.55. The predicted molar refractivity (Wildman–Crippen MR) is 205 cm³/mol. The number of benzene rings is 7. The van der Waals surface area contributed by atoms with Gasteiger partial charge in [-0.2, -0.15) is 0 Å². The molecule has 3 heterocycles. The van der Waals surface area contributed by atoms with Crippen LogP contribution in [0, 0.1) is 0 Å². The van der Waals surface area contributed by atoms with Crippen molar-refractivity contribution in [3.8, 4) is 11.1 Å². The number of rotatable bonds is 2. The van der Waals surface area contributed by atoms with Crippen LogP contribution in [0.1, 0.15) is 25.0 Å². The summed E-state index contributed by atoms with van der Waals surface area (Å²) in [5.74, 6) is 0. The molecular formula is C45H31BN2O. The first-order valence-corrected chi connectivity index (χ1v) is 17.2. The molecule has 4 heteroatoms. The second-order valence-corrected chi connectivity index (χ2v) is 14.1. The van der Waals surface area contributed by atoms with Crippen molar-refractivity contribution in [1.82, 2.24) is 0 Å². The Morgan fingerprint density at radius 2 is 1.08 bits per heavy atom. The molecule has 3 aliphatic rings. The van der Waals surface area contributed by atoms with Gasteiger partial charge in [-0.05, 0) is 93.2 Å². The van der Waals surface area contributed by atoms with Gasteiger partial charge in [-0.15, -0.1) is 0 Å². The van der Waals surface area contributed by atoms with E-state index < -0.39 is 0 Å². The highest BCUT2D eigenvalue weighted by atomic mass is 16.3. The molecule has 8 aromatic rings. The van der Waals surface area contributed by atoms with Crippen molar-refractivity contribution >= 4 is 79.2 Å². The van der Waals surface area contributed by atoms with Crippen LogP contribution in [0.4, 0.5) is 34.1 Å². The Kier molecular flexibility index (Phi) is 5.26. The molecule has 0 saturated carbocycles. The maximum absolute atomic E-state index is 6.25. The van der Waals surface area contributed by atoms with E-state index in [9.17, 15) is 0 Å². The van der Waals surface area contributed by atoms with Gasteiger partial charge in [0.15, 0.2) is 0 Å². The highest BCUT2D eigenvalue weighted by molar-refractivity contribution is 7.00. The maximum atomic E-state index is 6.25. The van der Waals surface area contributed by atoms with Gasteiger partial charge in [0.2, 0.25) is 0 Å². The lowest BCUT2D eigenvalue weighted by atomic mass is 9.33. The van der Waals surface area contributed by atoms with Gasteiger partial charge >= 0.3 is 0 Å². The van der Waals surface area contributed by atoms with Crippen molar-refractivity contribution in [2.24, 2.45) is 0 Å². The van der Waals surface area contributed by atoms with Crippen LogP contribution >= 0.6 is 0 Å². The van der Waals surface area contributed by atoms with Crippen LogP contribution in [-0.4, -0.2) is 6.71 Å². The fourth-order valence-electron chi connectivity index (χ4n) is 9.23. The molecule has 0 N–H and O–H groups in total. The number of furan rings is 1. The average molecular weight is 627 g/mol. The van der Waals surface area contributed by atoms with Gasteiger partial charge in [0.1, 0.15) is 11.2 Å². The zero-order valence-electron chi connectivity index (χ0n) is 27.3. The van der Waals surface area contributed by atoms with Crippen molar-refractivity contribution in [3.05, 3.63) is 163 Å². The van der Waals surface area contributed by atoms with Gasteiger partial charge in [-0.25, -0.2) is 0 Å². The number of hydrogen-bond donors (Lipinski definition) is 0. The summed E-state index contributed by atoms with van der Waals surface area (Å²) < 4.78 is 6.25. The smallest absolute Gasteiger partial charge is 0.252 e. The summed E-state index contributed by atoms with van der Waals surface area (Å²) in [7, 11) is 0. The van der Waals surface area contributed by atoms with Crippen LogP contribution < -0.4 is 26.2 Å². The van der Waals surface area contributed by atoms with Crippen molar-refractivity contribution in [2.45, 2.75) is 19.3 Å². The van der Waals surface area contributed by atoms with Gasteiger partial charge in [0.05, 0.1) is 5.69 Å². The van der Waals surface area contributed by atoms with Gasteiger partial charge < -0.3 is 14.2 Å². The standard InChI is InChI=1S/C45H31BN2O/c1-45(2)33-16-5-3-13-29(33)31-15-11-21-38(43(31)45)48-37-20-9-7-18-35(37)46-34-17-6-8-19-36(34)47(39-22-12-23-40(48)44(39)46)28-25-26-42-32(27-28)30-14-4-10-24-41(30)49-42/h3-27H,1-2H3. The van der Waals surface area contributed by atoms with E-state index in [4.69, 9.17) is 4.42 Å². The molecule has 49 heavy (non-hydrogen) atoms. The van der Waals surface area contributed by atoms with Gasteiger partial charge in [0.25, 0.3) is 6.71 Å². The summed E-state index contributed by atoms with van der Waals surface area (Å²) in [4.78, 5) is 5.02. The first-order valence-electron chi connectivity index (χ1n) is 17.2. The first kappa shape index (κ1) is 27.0. The second kappa shape index (κ2) is 9.55. The molecule has 230 valence electrons. The summed E-state index contributed by atoms with van der Waals surface area (Å²) in [5, 5.41) is 2.27. The fourth-order valence-corrected chi connectivity index (χ4v) is 9.23. The van der Waals surface area contributed by atoms with Crippen molar-refractivity contribution in [1.29, 1.82) is 0 Å². The van der Waals surface area contributed by atoms with Crippen LogP contribution in [0.3, 0.4) is 0 Å². The Hall–Kier alpha value is -6.00. The minimum absolute atomic E-state index is 0.103. The van der Waals surface area contributed by atoms with E-state index in [2.05, 4.69) is 169 Å². The Morgan fingerprint density at radius 1 is 0.490 bits per heavy atom. The molecule has 1 aromatic heterocycles. The molecule has 3 nitrogen and oxygen atoms in total. The molecular weight excluding hydrogens is 595 g/mol. The zero-order chi connectivity index (χ0) is 32.4. The monoisotopic (exact) mass is 626 g/mol. The third kappa shape index (κ3) is 3.48. The normalized spacial score (nSPS) is 14.8. The summed E-state index contributed by atoms with van der Waals surface area (Å²) in [6, 6.07) is 55.6. The molecule has 0 amide bonds. The lowest BCUT2D eigenvalue weighted by molar-refractivity contribution is 0.661. The Morgan fingerprint density at radius 3 is 1.92 bits per heavy atom. The van der Waals surface area contributed by atoms with Crippen LogP contribution in [0.5, 0.6) is 0 Å². The molecule has 7 aromatic carbocycles. The quantitative estimate of drug-likeness (QED) is 0.178. The lowest BCUT2D eigenvalue weighted by Crippen LogP contribution is -2.61. The second-order valence-electron chi connectivity index (χ2n) is 14.1.